The Hall–Kier alpha value is -2.41. The van der Waals surface area contributed by atoms with E-state index in [9.17, 15) is 9.59 Å². The Labute approximate surface area is 127 Å². The van der Waals surface area contributed by atoms with Gasteiger partial charge in [0.1, 0.15) is 12.3 Å². The number of hydrazone groups is 1. The van der Waals surface area contributed by atoms with Crippen LogP contribution in [0.2, 0.25) is 0 Å². The molecule has 0 saturated carbocycles. The van der Waals surface area contributed by atoms with Gasteiger partial charge in [-0.05, 0) is 12.1 Å². The van der Waals surface area contributed by atoms with Gasteiger partial charge in [0.25, 0.3) is 0 Å². The maximum Gasteiger partial charge on any atom is 0.354 e. The number of fused-ring (bicyclic) bond motifs is 3. The summed E-state index contributed by atoms with van der Waals surface area (Å²) in [4.78, 5) is 23.9. The number of rotatable bonds is 1. The fourth-order valence-electron chi connectivity index (χ4n) is 2.52. The van der Waals surface area contributed by atoms with E-state index in [4.69, 9.17) is 14.2 Å². The van der Waals surface area contributed by atoms with Gasteiger partial charge in [0.15, 0.2) is 0 Å². The number of esters is 2. The van der Waals surface area contributed by atoms with Crippen molar-refractivity contribution in [1.29, 1.82) is 0 Å². The number of para-hydroxylation sites is 1. The van der Waals surface area contributed by atoms with Crippen LogP contribution in [-0.2, 0) is 19.0 Å². The Morgan fingerprint density at radius 3 is 3.00 bits per heavy atom. The number of cyclic esters (lactones) is 1. The first-order valence-electron chi connectivity index (χ1n) is 6.99. The quantitative estimate of drug-likeness (QED) is 0.720. The van der Waals surface area contributed by atoms with Crippen molar-refractivity contribution >= 4 is 23.3 Å². The summed E-state index contributed by atoms with van der Waals surface area (Å²) in [5, 5.41) is 5.97. The highest BCUT2D eigenvalue weighted by molar-refractivity contribution is 6.37. The van der Waals surface area contributed by atoms with Crippen LogP contribution in [0.25, 0.3) is 0 Å². The van der Waals surface area contributed by atoms with Gasteiger partial charge < -0.3 is 14.2 Å². The molecule has 0 aromatic heterocycles. The summed E-state index contributed by atoms with van der Waals surface area (Å²) >= 11 is 0. The van der Waals surface area contributed by atoms with Crippen molar-refractivity contribution in [3.63, 3.8) is 0 Å². The minimum atomic E-state index is -0.470. The highest BCUT2D eigenvalue weighted by atomic mass is 16.6. The average Bonchev–Trinajstić information content (AvgIpc) is 2.97. The van der Waals surface area contributed by atoms with Crippen LogP contribution in [0.5, 0.6) is 0 Å². The van der Waals surface area contributed by atoms with Crippen molar-refractivity contribution in [2.45, 2.75) is 12.5 Å². The molecule has 0 amide bonds. The Kier molecular flexibility index (Phi) is 4.06. The van der Waals surface area contributed by atoms with Crippen LogP contribution in [0.4, 0.5) is 5.69 Å². The molecule has 3 rings (SSSR count). The van der Waals surface area contributed by atoms with Gasteiger partial charge in [-0.2, -0.15) is 5.10 Å². The minimum Gasteiger partial charge on any atom is -0.464 e. The molecule has 0 spiro atoms. The number of carbonyl (C=O) groups excluding carboxylic acids is 2. The summed E-state index contributed by atoms with van der Waals surface area (Å²) in [7, 11) is 1.32. The predicted octanol–water partition coefficient (Wildman–Crippen LogP) is 0.981. The molecule has 0 saturated heterocycles. The molecule has 1 unspecified atom stereocenters. The smallest absolute Gasteiger partial charge is 0.354 e. The van der Waals surface area contributed by atoms with Gasteiger partial charge in [-0.15, -0.1) is 0 Å². The Morgan fingerprint density at radius 1 is 1.36 bits per heavy atom. The lowest BCUT2D eigenvalue weighted by Gasteiger charge is -2.26. The lowest BCUT2D eigenvalue weighted by Crippen LogP contribution is -2.34. The van der Waals surface area contributed by atoms with Crippen molar-refractivity contribution < 1.29 is 23.8 Å². The fraction of sp³-hybridized carbons (Fsp3) is 0.400. The van der Waals surface area contributed by atoms with E-state index >= 15 is 0 Å². The van der Waals surface area contributed by atoms with Crippen molar-refractivity contribution in [3.05, 3.63) is 29.8 Å². The number of nitrogens with zero attached hydrogens (tertiary/aromatic N) is 2. The Morgan fingerprint density at radius 2 is 2.18 bits per heavy atom. The van der Waals surface area contributed by atoms with Crippen molar-refractivity contribution in [2.75, 3.05) is 31.9 Å². The molecule has 0 aliphatic carbocycles. The fourth-order valence-corrected chi connectivity index (χ4v) is 2.52. The second-order valence-corrected chi connectivity index (χ2v) is 4.97. The molecular formula is C15H16N2O5. The summed E-state index contributed by atoms with van der Waals surface area (Å²) < 4.78 is 15.4. The molecule has 116 valence electrons. The molecule has 2 aliphatic rings. The molecule has 2 aliphatic heterocycles. The third-order valence-corrected chi connectivity index (χ3v) is 3.57. The zero-order valence-electron chi connectivity index (χ0n) is 12.2. The molecule has 0 radical (unpaired) electrons. The first kappa shape index (κ1) is 14.5. The number of ether oxygens (including phenoxy) is 3. The van der Waals surface area contributed by atoms with Crippen molar-refractivity contribution in [1.82, 2.24) is 0 Å². The minimum absolute atomic E-state index is 0.152. The van der Waals surface area contributed by atoms with E-state index in [1.54, 1.807) is 29.3 Å². The molecule has 0 N–H and O–H groups in total. The topological polar surface area (TPSA) is 77.4 Å². The second-order valence-electron chi connectivity index (χ2n) is 4.97. The van der Waals surface area contributed by atoms with Crippen LogP contribution in [0.15, 0.2) is 29.4 Å². The maximum atomic E-state index is 12.1. The lowest BCUT2D eigenvalue weighted by atomic mass is 10.1. The number of anilines is 1. The third kappa shape index (κ3) is 2.67. The van der Waals surface area contributed by atoms with Crippen LogP contribution in [-0.4, -0.2) is 50.6 Å². The predicted molar refractivity (Wildman–Crippen MR) is 77.9 cm³/mol. The zero-order valence-corrected chi connectivity index (χ0v) is 12.2. The molecule has 0 fully saturated rings. The summed E-state index contributed by atoms with van der Waals surface area (Å²) in [5.41, 5.74) is 1.34. The third-order valence-electron chi connectivity index (χ3n) is 3.57. The molecule has 22 heavy (non-hydrogen) atoms. The zero-order chi connectivity index (χ0) is 15.5. The van der Waals surface area contributed by atoms with Crippen molar-refractivity contribution in [2.24, 2.45) is 5.10 Å². The van der Waals surface area contributed by atoms with Crippen LogP contribution >= 0.6 is 0 Å². The molecule has 7 nitrogen and oxygen atoms in total. The van der Waals surface area contributed by atoms with E-state index in [-0.39, 0.29) is 12.6 Å². The molecule has 0 bridgehead atoms. The van der Waals surface area contributed by atoms with E-state index in [2.05, 4.69) is 5.10 Å². The molecule has 1 aromatic carbocycles. The van der Waals surface area contributed by atoms with Crippen LogP contribution in [0.1, 0.15) is 16.8 Å². The van der Waals surface area contributed by atoms with Gasteiger partial charge in [-0.3, -0.25) is 5.01 Å². The average molecular weight is 304 g/mol. The maximum absolute atomic E-state index is 12.1. The standard InChI is InChI=1S/C15H16N2O5/c1-20-15(19)12-8-10-9-21-6-7-22-14(18)11-4-2-3-5-13(11)17(10)16-12/h2-5,10H,6-9H2,1H3. The van der Waals surface area contributed by atoms with Crippen molar-refractivity contribution in [3.8, 4) is 0 Å². The highest BCUT2D eigenvalue weighted by Gasteiger charge is 2.34. The molecule has 2 heterocycles. The van der Waals surface area contributed by atoms with Gasteiger partial charge in [-0.25, -0.2) is 9.59 Å². The number of benzene rings is 1. The SMILES string of the molecule is COC(=O)C1=NN2c3ccccc3C(=O)OCCOCC2C1. The van der Waals surface area contributed by atoms with E-state index in [0.717, 1.165) is 0 Å². The van der Waals surface area contributed by atoms with Crippen LogP contribution in [0.3, 0.4) is 0 Å². The van der Waals surface area contributed by atoms with Gasteiger partial charge in [0.05, 0.1) is 37.6 Å². The Bertz CT molecular complexity index is 628. The monoisotopic (exact) mass is 304 g/mol. The number of hydrogen-bond acceptors (Lipinski definition) is 7. The van der Waals surface area contributed by atoms with E-state index in [0.29, 0.717) is 36.6 Å². The van der Waals surface area contributed by atoms with E-state index in [1.807, 2.05) is 0 Å². The largest absolute Gasteiger partial charge is 0.464 e. The van der Waals surface area contributed by atoms with E-state index in [1.165, 1.54) is 7.11 Å². The Balaban J connectivity index is 2.02. The van der Waals surface area contributed by atoms with Gasteiger partial charge >= 0.3 is 11.9 Å². The van der Waals surface area contributed by atoms with Gasteiger partial charge in [-0.1, -0.05) is 12.1 Å². The van der Waals surface area contributed by atoms with Gasteiger partial charge in [0, 0.05) is 6.42 Å². The van der Waals surface area contributed by atoms with Gasteiger partial charge in [0.2, 0.25) is 0 Å². The lowest BCUT2D eigenvalue weighted by molar-refractivity contribution is -0.132. The molecule has 1 aromatic rings. The number of hydrogen-bond donors (Lipinski definition) is 0. The number of methoxy groups -OCH3 is 1. The number of carbonyl (C=O) groups is 2. The first-order valence-corrected chi connectivity index (χ1v) is 6.99. The molecular weight excluding hydrogens is 288 g/mol. The van der Waals surface area contributed by atoms with Crippen LogP contribution < -0.4 is 5.01 Å². The first-order chi connectivity index (χ1) is 10.7. The summed E-state index contributed by atoms with van der Waals surface area (Å²) in [6.07, 6.45) is 0.413. The van der Waals surface area contributed by atoms with E-state index < -0.39 is 11.9 Å². The summed E-state index contributed by atoms with van der Waals surface area (Å²) in [5.74, 6) is -0.899. The summed E-state index contributed by atoms with van der Waals surface area (Å²) in [6.45, 7) is 0.895. The highest BCUT2D eigenvalue weighted by Crippen LogP contribution is 2.29. The normalized spacial score (nSPS) is 21.3. The summed E-state index contributed by atoms with van der Waals surface area (Å²) in [6, 6.07) is 6.87. The molecule has 7 heteroatoms. The van der Waals surface area contributed by atoms with Crippen LogP contribution in [0, 0.1) is 0 Å². The molecule has 1 atom stereocenters. The second kappa shape index (κ2) is 6.15.